The summed E-state index contributed by atoms with van der Waals surface area (Å²) in [6, 6.07) is 5.58. The molecule has 18 heavy (non-hydrogen) atoms. The van der Waals surface area contributed by atoms with Crippen molar-refractivity contribution in [2.75, 3.05) is 0 Å². The zero-order valence-corrected chi connectivity index (χ0v) is 12.1. The molecule has 1 aromatic carbocycles. The van der Waals surface area contributed by atoms with E-state index in [2.05, 4.69) is 4.98 Å². The summed E-state index contributed by atoms with van der Waals surface area (Å²) in [5.41, 5.74) is 1.88. The normalized spacial score (nSPS) is 10.9. The SMILES string of the molecule is Cn1c(CO)cnc1SCc1ccc(Cl)c(Cl)c1. The summed E-state index contributed by atoms with van der Waals surface area (Å²) < 4.78 is 1.88. The predicted molar refractivity (Wildman–Crippen MR) is 75.2 cm³/mol. The van der Waals surface area contributed by atoms with Crippen LogP contribution in [0.15, 0.2) is 29.6 Å². The van der Waals surface area contributed by atoms with Gasteiger partial charge in [-0.05, 0) is 17.7 Å². The van der Waals surface area contributed by atoms with Crippen LogP contribution in [-0.2, 0) is 19.4 Å². The molecule has 0 amide bonds. The Morgan fingerprint density at radius 1 is 1.33 bits per heavy atom. The molecule has 1 heterocycles. The molecule has 0 aliphatic rings. The van der Waals surface area contributed by atoms with E-state index in [0.29, 0.717) is 10.0 Å². The highest BCUT2D eigenvalue weighted by Gasteiger charge is 2.07. The third-order valence-corrected chi connectivity index (χ3v) is 4.41. The number of hydrogen-bond acceptors (Lipinski definition) is 3. The average Bonchev–Trinajstić information content (AvgIpc) is 2.72. The first-order valence-electron chi connectivity index (χ1n) is 5.30. The van der Waals surface area contributed by atoms with Crippen molar-refractivity contribution >= 4 is 35.0 Å². The molecular formula is C12H12Cl2N2OS. The van der Waals surface area contributed by atoms with E-state index in [4.69, 9.17) is 28.3 Å². The third kappa shape index (κ3) is 3.01. The number of aliphatic hydroxyl groups is 1. The smallest absolute Gasteiger partial charge is 0.168 e. The fraction of sp³-hybridized carbons (Fsp3) is 0.250. The van der Waals surface area contributed by atoms with Crippen LogP contribution in [0.2, 0.25) is 10.0 Å². The Bertz CT molecular complexity index is 557. The molecule has 0 aliphatic heterocycles. The molecule has 96 valence electrons. The Balaban J connectivity index is 2.06. The van der Waals surface area contributed by atoms with Gasteiger partial charge in [-0.3, -0.25) is 0 Å². The van der Waals surface area contributed by atoms with Gasteiger partial charge < -0.3 is 9.67 Å². The Labute approximate surface area is 120 Å². The molecule has 1 aromatic heterocycles. The Hall–Kier alpha value is -0.680. The lowest BCUT2D eigenvalue weighted by Gasteiger charge is -2.05. The van der Waals surface area contributed by atoms with Gasteiger partial charge in [-0.25, -0.2) is 4.98 Å². The number of aliphatic hydroxyl groups excluding tert-OH is 1. The molecule has 0 bridgehead atoms. The standard InChI is InChI=1S/C12H12Cl2N2OS/c1-16-9(6-17)5-15-12(16)18-7-8-2-3-10(13)11(14)4-8/h2-5,17H,6-7H2,1H3. The maximum Gasteiger partial charge on any atom is 0.168 e. The molecule has 6 heteroatoms. The number of hydrogen-bond donors (Lipinski definition) is 1. The van der Waals surface area contributed by atoms with Gasteiger partial charge in [-0.2, -0.15) is 0 Å². The summed E-state index contributed by atoms with van der Waals surface area (Å²) in [6.45, 7) is -0.00314. The second kappa shape index (κ2) is 5.97. The number of aromatic nitrogens is 2. The Kier molecular flexibility index (Phi) is 4.56. The van der Waals surface area contributed by atoms with Crippen LogP contribution in [-0.4, -0.2) is 14.7 Å². The van der Waals surface area contributed by atoms with Crippen molar-refractivity contribution in [3.05, 3.63) is 45.7 Å². The van der Waals surface area contributed by atoms with E-state index in [1.807, 2.05) is 23.7 Å². The highest BCUT2D eigenvalue weighted by molar-refractivity contribution is 7.98. The molecule has 0 spiro atoms. The average molecular weight is 303 g/mol. The lowest BCUT2D eigenvalue weighted by atomic mass is 10.2. The van der Waals surface area contributed by atoms with Gasteiger partial charge in [-0.1, -0.05) is 41.0 Å². The number of thioether (sulfide) groups is 1. The van der Waals surface area contributed by atoms with E-state index in [0.717, 1.165) is 22.2 Å². The molecule has 3 nitrogen and oxygen atoms in total. The van der Waals surface area contributed by atoms with Crippen LogP contribution in [0.25, 0.3) is 0 Å². The highest BCUT2D eigenvalue weighted by Crippen LogP contribution is 2.27. The van der Waals surface area contributed by atoms with Crippen LogP contribution in [0.5, 0.6) is 0 Å². The number of halogens is 2. The van der Waals surface area contributed by atoms with Gasteiger partial charge >= 0.3 is 0 Å². The second-order valence-corrected chi connectivity index (χ2v) is 5.54. The quantitative estimate of drug-likeness (QED) is 0.878. The Morgan fingerprint density at radius 2 is 2.11 bits per heavy atom. The lowest BCUT2D eigenvalue weighted by molar-refractivity contribution is 0.271. The van der Waals surface area contributed by atoms with Crippen LogP contribution >= 0.6 is 35.0 Å². The summed E-state index contributed by atoms with van der Waals surface area (Å²) in [5, 5.41) is 11.1. The fourth-order valence-electron chi connectivity index (χ4n) is 1.48. The second-order valence-electron chi connectivity index (χ2n) is 3.79. The van der Waals surface area contributed by atoms with Crippen LogP contribution < -0.4 is 0 Å². The monoisotopic (exact) mass is 302 g/mol. The minimum Gasteiger partial charge on any atom is -0.390 e. The van der Waals surface area contributed by atoms with E-state index >= 15 is 0 Å². The third-order valence-electron chi connectivity index (χ3n) is 2.56. The summed E-state index contributed by atoms with van der Waals surface area (Å²) in [4.78, 5) is 4.25. The van der Waals surface area contributed by atoms with E-state index in [1.165, 1.54) is 0 Å². The van der Waals surface area contributed by atoms with Crippen molar-refractivity contribution in [3.63, 3.8) is 0 Å². The van der Waals surface area contributed by atoms with Crippen molar-refractivity contribution in [2.24, 2.45) is 7.05 Å². The molecule has 2 rings (SSSR count). The van der Waals surface area contributed by atoms with Gasteiger partial charge in [-0.15, -0.1) is 0 Å². The number of imidazole rings is 1. The number of benzene rings is 1. The minimum atomic E-state index is -0.00314. The lowest BCUT2D eigenvalue weighted by Crippen LogP contribution is -1.97. The van der Waals surface area contributed by atoms with E-state index in [-0.39, 0.29) is 6.61 Å². The molecular weight excluding hydrogens is 291 g/mol. The van der Waals surface area contributed by atoms with Crippen LogP contribution in [0.1, 0.15) is 11.3 Å². The van der Waals surface area contributed by atoms with Gasteiger partial charge in [0, 0.05) is 12.8 Å². The van der Waals surface area contributed by atoms with Gasteiger partial charge in [0.2, 0.25) is 0 Å². The zero-order valence-electron chi connectivity index (χ0n) is 9.73. The van der Waals surface area contributed by atoms with Gasteiger partial charge in [0.1, 0.15) is 0 Å². The predicted octanol–water partition coefficient (Wildman–Crippen LogP) is 3.51. The largest absolute Gasteiger partial charge is 0.390 e. The first kappa shape index (κ1) is 13.7. The first-order chi connectivity index (χ1) is 8.61. The van der Waals surface area contributed by atoms with E-state index in [1.54, 1.807) is 24.0 Å². The fourth-order valence-corrected chi connectivity index (χ4v) is 2.72. The van der Waals surface area contributed by atoms with Gasteiger partial charge in [0.15, 0.2) is 5.16 Å². The number of nitrogens with zero attached hydrogens (tertiary/aromatic N) is 2. The topological polar surface area (TPSA) is 38.0 Å². The Morgan fingerprint density at radius 3 is 2.72 bits per heavy atom. The molecule has 0 unspecified atom stereocenters. The molecule has 1 N–H and O–H groups in total. The molecule has 0 aliphatic carbocycles. The van der Waals surface area contributed by atoms with E-state index in [9.17, 15) is 0 Å². The van der Waals surface area contributed by atoms with Crippen molar-refractivity contribution in [1.29, 1.82) is 0 Å². The maximum atomic E-state index is 9.08. The molecule has 0 radical (unpaired) electrons. The molecule has 0 fully saturated rings. The minimum absolute atomic E-state index is 0.00314. The van der Waals surface area contributed by atoms with Crippen LogP contribution in [0.4, 0.5) is 0 Å². The zero-order chi connectivity index (χ0) is 13.1. The molecule has 2 aromatic rings. The van der Waals surface area contributed by atoms with Crippen LogP contribution in [0, 0.1) is 0 Å². The van der Waals surface area contributed by atoms with Crippen molar-refractivity contribution in [1.82, 2.24) is 9.55 Å². The van der Waals surface area contributed by atoms with Crippen molar-refractivity contribution < 1.29 is 5.11 Å². The summed E-state index contributed by atoms with van der Waals surface area (Å²) in [7, 11) is 1.88. The number of rotatable bonds is 4. The van der Waals surface area contributed by atoms with Crippen molar-refractivity contribution in [2.45, 2.75) is 17.5 Å². The van der Waals surface area contributed by atoms with Crippen molar-refractivity contribution in [3.8, 4) is 0 Å². The molecule has 0 atom stereocenters. The molecule has 0 saturated heterocycles. The first-order valence-corrected chi connectivity index (χ1v) is 7.04. The highest BCUT2D eigenvalue weighted by atomic mass is 35.5. The van der Waals surface area contributed by atoms with E-state index < -0.39 is 0 Å². The maximum absolute atomic E-state index is 9.08. The van der Waals surface area contributed by atoms with Gasteiger partial charge in [0.05, 0.1) is 28.5 Å². The van der Waals surface area contributed by atoms with Crippen LogP contribution in [0.3, 0.4) is 0 Å². The summed E-state index contributed by atoms with van der Waals surface area (Å²) >= 11 is 13.4. The summed E-state index contributed by atoms with van der Waals surface area (Å²) in [6.07, 6.45) is 1.68. The molecule has 0 saturated carbocycles. The van der Waals surface area contributed by atoms with Gasteiger partial charge in [0.25, 0.3) is 0 Å². The summed E-state index contributed by atoms with van der Waals surface area (Å²) in [5.74, 6) is 0.757.